The summed E-state index contributed by atoms with van der Waals surface area (Å²) in [6.45, 7) is 13.9. The number of sulfone groups is 1. The van der Waals surface area contributed by atoms with E-state index in [-0.39, 0.29) is 55.0 Å². The van der Waals surface area contributed by atoms with E-state index in [0.29, 0.717) is 31.1 Å². The molecule has 0 aliphatic rings. The van der Waals surface area contributed by atoms with Crippen molar-refractivity contribution in [3.05, 3.63) is 173 Å². The van der Waals surface area contributed by atoms with Gasteiger partial charge < -0.3 is 24.8 Å². The molecule has 6 aromatic rings. The highest BCUT2D eigenvalue weighted by Crippen LogP contribution is 2.39. The van der Waals surface area contributed by atoms with Gasteiger partial charge in [-0.2, -0.15) is 0 Å². The molecule has 6 aromatic carbocycles. The van der Waals surface area contributed by atoms with E-state index in [1.54, 1.807) is 48.5 Å². The van der Waals surface area contributed by atoms with Gasteiger partial charge in [-0.1, -0.05) is 126 Å². The monoisotopic (exact) mass is 928 g/mol. The third kappa shape index (κ3) is 12.5. The molecule has 6 rings (SSSR count). The quantitative estimate of drug-likeness (QED) is 0.0413. The Hall–Kier alpha value is -6.43. The van der Waals surface area contributed by atoms with Crippen molar-refractivity contribution in [2.24, 2.45) is 0 Å². The minimum atomic E-state index is -3.94. The number of carbonyl (C=O) groups is 3. The van der Waals surface area contributed by atoms with E-state index in [1.165, 1.54) is 54.1 Å². The molecule has 0 aromatic heterocycles. The van der Waals surface area contributed by atoms with Gasteiger partial charge in [-0.15, -0.1) is 0 Å². The van der Waals surface area contributed by atoms with E-state index in [1.807, 2.05) is 36.4 Å². The number of ketones is 1. The predicted octanol–water partition coefficient (Wildman–Crippen LogP) is 12.2. The van der Waals surface area contributed by atoms with E-state index in [4.69, 9.17) is 25.8 Å². The Labute approximate surface area is 393 Å². The highest BCUT2D eigenvalue weighted by atomic mass is 35.5. The van der Waals surface area contributed by atoms with Crippen molar-refractivity contribution >= 4 is 50.4 Å². The molecule has 0 aliphatic heterocycles. The van der Waals surface area contributed by atoms with Gasteiger partial charge in [0.05, 0.1) is 27.1 Å². The van der Waals surface area contributed by atoms with Crippen LogP contribution in [0, 0.1) is 0 Å². The first-order valence-corrected chi connectivity index (χ1v) is 23.9. The summed E-state index contributed by atoms with van der Waals surface area (Å²) in [5, 5.41) is 5.71. The zero-order valence-electron chi connectivity index (χ0n) is 38.2. The van der Waals surface area contributed by atoms with Crippen LogP contribution in [0.5, 0.6) is 17.2 Å². The minimum absolute atomic E-state index is 0.0205. The molecule has 12 heteroatoms. The average Bonchev–Trinajstić information content (AvgIpc) is 3.33. The second-order valence-electron chi connectivity index (χ2n) is 17.3. The number of carbonyl (C=O) groups excluding carboxylic acids is 3. The zero-order valence-corrected chi connectivity index (χ0v) is 39.8. The Kier molecular flexibility index (Phi) is 16.1. The number of rotatable bonds is 21. The number of benzene rings is 6. The van der Waals surface area contributed by atoms with Crippen LogP contribution in [-0.2, 0) is 36.9 Å². The van der Waals surface area contributed by atoms with Gasteiger partial charge in [-0.3, -0.25) is 14.4 Å². The Morgan fingerprint density at radius 1 is 0.667 bits per heavy atom. The maximum atomic E-state index is 13.9. The highest BCUT2D eigenvalue weighted by Gasteiger charge is 2.31. The number of ether oxygens (including phenoxy) is 3. The Morgan fingerprint density at radius 3 is 1.89 bits per heavy atom. The van der Waals surface area contributed by atoms with E-state index in [2.05, 4.69) is 64.3 Å². The van der Waals surface area contributed by atoms with Gasteiger partial charge in [0.2, 0.25) is 27.6 Å². The molecule has 10 nitrogen and oxygen atoms in total. The van der Waals surface area contributed by atoms with E-state index < -0.39 is 27.6 Å². The maximum absolute atomic E-state index is 13.9. The fourth-order valence-electron chi connectivity index (χ4n) is 6.94. The second-order valence-corrected chi connectivity index (χ2v) is 19.7. The first-order chi connectivity index (χ1) is 31.5. The van der Waals surface area contributed by atoms with Crippen molar-refractivity contribution in [3.8, 4) is 17.2 Å². The van der Waals surface area contributed by atoms with Crippen LogP contribution in [0.1, 0.15) is 94.3 Å². The minimum Gasteiger partial charge on any atom is -0.493 e. The first-order valence-electron chi connectivity index (χ1n) is 22.1. The van der Waals surface area contributed by atoms with Gasteiger partial charge in [0.25, 0.3) is 5.91 Å². The third-order valence-electron chi connectivity index (χ3n) is 11.9. The molecule has 0 spiro atoms. The number of hydrogen-bond donors (Lipinski definition) is 2. The van der Waals surface area contributed by atoms with Crippen LogP contribution in [0.2, 0.25) is 5.02 Å². The first kappa shape index (κ1) is 49.0. The van der Waals surface area contributed by atoms with Crippen molar-refractivity contribution in [2.75, 3.05) is 17.2 Å². The van der Waals surface area contributed by atoms with E-state index >= 15 is 0 Å². The summed E-state index contributed by atoms with van der Waals surface area (Å²) in [7, 11) is -3.94. The fourth-order valence-corrected chi connectivity index (χ4v) is 8.37. The molecule has 0 aliphatic carbocycles. The SMILES string of the molecule is CCC(C)(C)c1ccc(OCCCC(=O)Nc2ccc(Cl)c(NC(=O)[C@@H](Oc3ccc(S(=O)(=O)c4ccc(OCc5ccccc5)cc4)cc3)C(=O)c3ccccc3)c2)c(C(C)(C)CC)c1. The summed E-state index contributed by atoms with van der Waals surface area (Å²) in [5.74, 6) is -0.340. The summed E-state index contributed by atoms with van der Waals surface area (Å²) >= 11 is 6.52. The number of nitrogens with one attached hydrogen (secondary N) is 2. The van der Waals surface area contributed by atoms with Crippen LogP contribution < -0.4 is 24.8 Å². The molecular formula is C54H57ClN2O8S. The van der Waals surface area contributed by atoms with E-state index in [0.717, 1.165) is 29.7 Å². The number of Topliss-reactive ketones (excluding diaryl/α,β-unsaturated/α-hetero) is 1. The molecule has 0 unspecified atom stereocenters. The van der Waals surface area contributed by atoms with Crippen molar-refractivity contribution in [1.82, 2.24) is 0 Å². The number of anilines is 2. The number of hydrogen-bond acceptors (Lipinski definition) is 8. The lowest BCUT2D eigenvalue weighted by Gasteiger charge is -2.30. The van der Waals surface area contributed by atoms with Gasteiger partial charge >= 0.3 is 0 Å². The summed E-state index contributed by atoms with van der Waals surface area (Å²) in [5.41, 5.74) is 4.06. The molecule has 0 fully saturated rings. The molecule has 344 valence electrons. The second kappa shape index (κ2) is 21.7. The van der Waals surface area contributed by atoms with Crippen molar-refractivity contribution < 1.29 is 37.0 Å². The lowest BCUT2D eigenvalue weighted by Crippen LogP contribution is -2.40. The van der Waals surface area contributed by atoms with Crippen LogP contribution in [-0.4, -0.2) is 38.7 Å². The molecule has 0 saturated heterocycles. The van der Waals surface area contributed by atoms with Crippen molar-refractivity contribution in [1.29, 1.82) is 0 Å². The smallest absolute Gasteiger partial charge is 0.273 e. The molecule has 0 saturated carbocycles. The fraction of sp³-hybridized carbons (Fsp3) is 0.278. The summed E-state index contributed by atoms with van der Waals surface area (Å²) in [6.07, 6.45) is 0.884. The van der Waals surface area contributed by atoms with Gasteiger partial charge in [-0.05, 0) is 114 Å². The maximum Gasteiger partial charge on any atom is 0.273 e. The molecule has 2 amide bonds. The third-order valence-corrected chi connectivity index (χ3v) is 14.0. The average molecular weight is 930 g/mol. The lowest BCUT2D eigenvalue weighted by atomic mass is 9.76. The van der Waals surface area contributed by atoms with Crippen LogP contribution >= 0.6 is 11.6 Å². The molecular weight excluding hydrogens is 872 g/mol. The number of halogens is 1. The molecule has 0 bridgehead atoms. The Bertz CT molecular complexity index is 2720. The topological polar surface area (TPSA) is 137 Å². The molecule has 1 atom stereocenters. The summed E-state index contributed by atoms with van der Waals surface area (Å²) < 4.78 is 45.2. The van der Waals surface area contributed by atoms with Crippen molar-refractivity contribution in [2.45, 2.75) is 101 Å². The lowest BCUT2D eigenvalue weighted by molar-refractivity contribution is -0.121. The predicted molar refractivity (Wildman–Crippen MR) is 261 cm³/mol. The summed E-state index contributed by atoms with van der Waals surface area (Å²) in [6, 6.07) is 40.4. The summed E-state index contributed by atoms with van der Waals surface area (Å²) in [4.78, 5) is 40.9. The molecule has 66 heavy (non-hydrogen) atoms. The van der Waals surface area contributed by atoms with Gasteiger partial charge in [0, 0.05) is 23.2 Å². The van der Waals surface area contributed by atoms with Crippen LogP contribution in [0.4, 0.5) is 11.4 Å². The van der Waals surface area contributed by atoms with Crippen LogP contribution in [0.3, 0.4) is 0 Å². The standard InChI is InChI=1S/C54H57ClN2O8S/c1-7-53(3,4)39-21-32-48(45(34-39)54(5,6)8-2)63-33-15-20-49(58)56-40-22-31-46(55)47(35-40)57-52(60)51(50(59)38-18-13-10-14-19-38)65-42-25-29-44(30-26-42)66(61,62)43-27-23-41(24-28-43)64-36-37-16-11-9-12-17-37/h9-14,16-19,21-32,34-35,51H,7-8,15,20,33,36H2,1-6H3,(H,56,58)(H,57,60)/t51-/m0/s1. The molecule has 0 heterocycles. The van der Waals surface area contributed by atoms with Crippen molar-refractivity contribution in [3.63, 3.8) is 0 Å². The van der Waals surface area contributed by atoms with Gasteiger partial charge in [0.1, 0.15) is 23.9 Å². The molecule has 2 N–H and O–H groups in total. The number of amides is 2. The molecule has 0 radical (unpaired) electrons. The largest absolute Gasteiger partial charge is 0.493 e. The van der Waals surface area contributed by atoms with Gasteiger partial charge in [-0.25, -0.2) is 8.42 Å². The Balaban J connectivity index is 1.09. The van der Waals surface area contributed by atoms with Crippen LogP contribution in [0.15, 0.2) is 155 Å². The van der Waals surface area contributed by atoms with Gasteiger partial charge in [0.15, 0.2) is 0 Å². The zero-order chi connectivity index (χ0) is 47.5. The highest BCUT2D eigenvalue weighted by molar-refractivity contribution is 7.91. The van der Waals surface area contributed by atoms with Crippen LogP contribution in [0.25, 0.3) is 0 Å². The Morgan fingerprint density at radius 2 is 1.27 bits per heavy atom. The van der Waals surface area contributed by atoms with E-state index in [9.17, 15) is 22.8 Å². The normalized spacial score (nSPS) is 12.2.